The second-order valence-electron chi connectivity index (χ2n) is 6.36. The number of halogens is 1. The number of carbonyl (C=O) groups is 1. The van der Waals surface area contributed by atoms with Gasteiger partial charge in [-0.2, -0.15) is 4.98 Å². The van der Waals surface area contributed by atoms with Gasteiger partial charge in [0.25, 0.3) is 5.89 Å². The number of ether oxygens (including phenoxy) is 1. The highest BCUT2D eigenvalue weighted by molar-refractivity contribution is 7.13. The van der Waals surface area contributed by atoms with Crippen molar-refractivity contribution in [2.45, 2.75) is 37.7 Å². The van der Waals surface area contributed by atoms with Crippen molar-refractivity contribution in [1.82, 2.24) is 10.1 Å². The first kappa shape index (κ1) is 16.9. The summed E-state index contributed by atoms with van der Waals surface area (Å²) >= 11 is 1.51. The van der Waals surface area contributed by atoms with Crippen LogP contribution in [-0.4, -0.2) is 16.1 Å². The van der Waals surface area contributed by atoms with Crippen molar-refractivity contribution >= 4 is 17.3 Å². The molecule has 2 aromatic heterocycles. The molecule has 4 rings (SSSR count). The van der Waals surface area contributed by atoms with E-state index in [9.17, 15) is 9.18 Å². The van der Waals surface area contributed by atoms with Gasteiger partial charge >= 0.3 is 5.97 Å². The molecule has 7 heteroatoms. The SMILES string of the molecule is O=C(OCc1nc(-c2cccs2)no1)C1(c2ccc(F)cc2)CCCC1. The average molecular weight is 372 g/mol. The maximum atomic E-state index is 13.2. The summed E-state index contributed by atoms with van der Waals surface area (Å²) in [6, 6.07) is 9.91. The van der Waals surface area contributed by atoms with Crippen molar-refractivity contribution in [2.75, 3.05) is 0 Å². The van der Waals surface area contributed by atoms with E-state index in [1.54, 1.807) is 12.1 Å². The molecule has 0 unspecified atom stereocenters. The van der Waals surface area contributed by atoms with Crippen LogP contribution in [-0.2, 0) is 21.6 Å². The summed E-state index contributed by atoms with van der Waals surface area (Å²) in [6.07, 6.45) is 3.27. The molecule has 0 N–H and O–H groups in total. The summed E-state index contributed by atoms with van der Waals surface area (Å²) in [4.78, 5) is 18.0. The van der Waals surface area contributed by atoms with Gasteiger partial charge in [0.2, 0.25) is 5.82 Å². The first-order valence-corrected chi connectivity index (χ1v) is 9.35. The van der Waals surface area contributed by atoms with Gasteiger partial charge in [-0.3, -0.25) is 4.79 Å². The minimum atomic E-state index is -0.718. The Balaban J connectivity index is 1.48. The van der Waals surface area contributed by atoms with E-state index in [0.29, 0.717) is 18.7 Å². The largest absolute Gasteiger partial charge is 0.455 e. The van der Waals surface area contributed by atoms with E-state index in [1.807, 2.05) is 17.5 Å². The van der Waals surface area contributed by atoms with E-state index < -0.39 is 5.41 Å². The van der Waals surface area contributed by atoms with Crippen molar-refractivity contribution in [1.29, 1.82) is 0 Å². The molecule has 0 bridgehead atoms. The monoisotopic (exact) mass is 372 g/mol. The van der Waals surface area contributed by atoms with Crippen LogP contribution < -0.4 is 0 Å². The number of nitrogens with zero attached hydrogens (tertiary/aromatic N) is 2. The lowest BCUT2D eigenvalue weighted by atomic mass is 9.79. The van der Waals surface area contributed by atoms with Gasteiger partial charge in [-0.15, -0.1) is 11.3 Å². The number of esters is 1. The Hall–Kier alpha value is -2.54. The predicted molar refractivity (Wildman–Crippen MR) is 94.0 cm³/mol. The van der Waals surface area contributed by atoms with E-state index in [1.165, 1.54) is 23.5 Å². The normalized spacial score (nSPS) is 15.9. The zero-order valence-electron chi connectivity index (χ0n) is 14.0. The number of benzene rings is 1. The van der Waals surface area contributed by atoms with Gasteiger partial charge in [-0.25, -0.2) is 4.39 Å². The molecule has 0 atom stereocenters. The summed E-state index contributed by atoms with van der Waals surface area (Å²) in [7, 11) is 0. The highest BCUT2D eigenvalue weighted by Crippen LogP contribution is 2.42. The minimum absolute atomic E-state index is 0.0693. The van der Waals surface area contributed by atoms with Gasteiger partial charge in [-0.05, 0) is 42.0 Å². The van der Waals surface area contributed by atoms with E-state index in [-0.39, 0.29) is 24.3 Å². The summed E-state index contributed by atoms with van der Waals surface area (Å²) in [5.41, 5.74) is 0.0795. The number of carbonyl (C=O) groups excluding carboxylic acids is 1. The fraction of sp³-hybridized carbons (Fsp3) is 0.316. The maximum Gasteiger partial charge on any atom is 0.317 e. The summed E-state index contributed by atoms with van der Waals surface area (Å²) in [6.45, 7) is -0.0693. The lowest BCUT2D eigenvalue weighted by Gasteiger charge is -2.26. The van der Waals surface area contributed by atoms with Crippen molar-refractivity contribution < 1.29 is 18.4 Å². The van der Waals surface area contributed by atoms with Crippen LogP contribution in [0.4, 0.5) is 4.39 Å². The van der Waals surface area contributed by atoms with Gasteiger partial charge in [0.05, 0.1) is 10.3 Å². The number of rotatable bonds is 5. The van der Waals surface area contributed by atoms with Crippen molar-refractivity contribution in [3.05, 3.63) is 59.0 Å². The first-order chi connectivity index (χ1) is 12.7. The highest BCUT2D eigenvalue weighted by Gasteiger charge is 2.44. The molecule has 1 aromatic carbocycles. The van der Waals surface area contributed by atoms with Crippen LogP contribution in [0.3, 0.4) is 0 Å². The van der Waals surface area contributed by atoms with Crippen molar-refractivity contribution in [2.24, 2.45) is 0 Å². The lowest BCUT2D eigenvalue weighted by molar-refractivity contribution is -0.152. The third-order valence-electron chi connectivity index (χ3n) is 4.78. The summed E-state index contributed by atoms with van der Waals surface area (Å²) in [5, 5.41) is 5.84. The Morgan fingerprint density at radius 3 is 2.69 bits per heavy atom. The first-order valence-electron chi connectivity index (χ1n) is 8.47. The van der Waals surface area contributed by atoms with Crippen LogP contribution >= 0.6 is 11.3 Å². The molecule has 1 aliphatic carbocycles. The van der Waals surface area contributed by atoms with E-state index >= 15 is 0 Å². The third kappa shape index (κ3) is 3.14. The minimum Gasteiger partial charge on any atom is -0.455 e. The molecule has 3 aromatic rings. The second kappa shape index (κ2) is 6.99. The molecule has 0 spiro atoms. The molecule has 5 nitrogen and oxygen atoms in total. The fourth-order valence-electron chi connectivity index (χ4n) is 3.44. The van der Waals surface area contributed by atoms with Gasteiger partial charge in [0, 0.05) is 0 Å². The molecule has 0 radical (unpaired) electrons. The predicted octanol–water partition coefficient (Wildman–Crippen LogP) is 4.49. The number of hydrogen-bond acceptors (Lipinski definition) is 6. The average Bonchev–Trinajstić information content (AvgIpc) is 3.41. The zero-order valence-corrected chi connectivity index (χ0v) is 14.8. The van der Waals surface area contributed by atoms with Crippen molar-refractivity contribution in [3.8, 4) is 10.7 Å². The molecule has 1 aliphatic rings. The standard InChI is InChI=1S/C19H17FN2O3S/c20-14-7-5-13(6-8-14)19(9-1-2-10-19)18(23)24-12-16-21-17(22-25-16)15-4-3-11-26-15/h3-8,11H,1-2,9-10,12H2. The van der Waals surface area contributed by atoms with E-state index in [4.69, 9.17) is 9.26 Å². The van der Waals surface area contributed by atoms with Crippen LogP contribution in [0.1, 0.15) is 37.1 Å². The smallest absolute Gasteiger partial charge is 0.317 e. The molecular weight excluding hydrogens is 355 g/mol. The van der Waals surface area contributed by atoms with Crippen molar-refractivity contribution in [3.63, 3.8) is 0 Å². The quantitative estimate of drug-likeness (QED) is 0.617. The molecule has 0 amide bonds. The van der Waals surface area contributed by atoms with Crippen LogP contribution in [0.15, 0.2) is 46.3 Å². The maximum absolute atomic E-state index is 13.2. The fourth-order valence-corrected chi connectivity index (χ4v) is 4.09. The molecule has 1 saturated carbocycles. The molecule has 2 heterocycles. The molecule has 1 fully saturated rings. The molecule has 26 heavy (non-hydrogen) atoms. The Morgan fingerprint density at radius 2 is 2.00 bits per heavy atom. The Labute approximate surface area is 153 Å². The zero-order chi connectivity index (χ0) is 18.0. The van der Waals surface area contributed by atoms with Crippen LogP contribution in [0.25, 0.3) is 10.7 Å². The molecule has 0 saturated heterocycles. The number of aromatic nitrogens is 2. The summed E-state index contributed by atoms with van der Waals surface area (Å²) in [5.74, 6) is 0.105. The van der Waals surface area contributed by atoms with Gasteiger partial charge < -0.3 is 9.26 Å². The summed E-state index contributed by atoms with van der Waals surface area (Å²) < 4.78 is 23.9. The van der Waals surface area contributed by atoms with Crippen LogP contribution in [0.2, 0.25) is 0 Å². The lowest BCUT2D eigenvalue weighted by Crippen LogP contribution is -2.34. The highest BCUT2D eigenvalue weighted by atomic mass is 32.1. The molecule has 0 aliphatic heterocycles. The van der Waals surface area contributed by atoms with Gasteiger partial charge in [-0.1, -0.05) is 36.2 Å². The second-order valence-corrected chi connectivity index (χ2v) is 7.31. The Kier molecular flexibility index (Phi) is 4.55. The third-order valence-corrected chi connectivity index (χ3v) is 5.65. The number of hydrogen-bond donors (Lipinski definition) is 0. The Bertz CT molecular complexity index is 884. The van der Waals surface area contributed by atoms with Crippen LogP contribution in [0, 0.1) is 5.82 Å². The molecule has 134 valence electrons. The number of thiophene rings is 1. The van der Waals surface area contributed by atoms with Gasteiger partial charge in [0.1, 0.15) is 5.82 Å². The van der Waals surface area contributed by atoms with E-state index in [2.05, 4.69) is 10.1 Å². The van der Waals surface area contributed by atoms with Gasteiger partial charge in [0.15, 0.2) is 6.61 Å². The van der Waals surface area contributed by atoms with E-state index in [0.717, 1.165) is 23.3 Å². The Morgan fingerprint density at radius 1 is 1.23 bits per heavy atom. The topological polar surface area (TPSA) is 65.2 Å². The molecular formula is C19H17FN2O3S. The van der Waals surface area contributed by atoms with Crippen LogP contribution in [0.5, 0.6) is 0 Å².